The fourth-order valence-electron chi connectivity index (χ4n) is 2.33. The molecular formula is C19H23NO4. The summed E-state index contributed by atoms with van der Waals surface area (Å²) in [5, 5.41) is 2.98. The zero-order valence-electron chi connectivity index (χ0n) is 14.2. The zero-order valence-corrected chi connectivity index (χ0v) is 14.2. The summed E-state index contributed by atoms with van der Waals surface area (Å²) in [6.07, 6.45) is 0.789. The summed E-state index contributed by atoms with van der Waals surface area (Å²) in [5.41, 5.74) is 1.04. The van der Waals surface area contributed by atoms with E-state index in [1.807, 2.05) is 43.3 Å². The average molecular weight is 329 g/mol. The molecule has 1 N–H and O–H groups in total. The molecule has 0 fully saturated rings. The molecule has 1 atom stereocenters. The first-order valence-electron chi connectivity index (χ1n) is 7.86. The second kappa shape index (κ2) is 8.82. The fourth-order valence-corrected chi connectivity index (χ4v) is 2.33. The lowest BCUT2D eigenvalue weighted by molar-refractivity contribution is -0.123. The van der Waals surface area contributed by atoms with E-state index in [1.54, 1.807) is 26.4 Å². The highest BCUT2D eigenvalue weighted by atomic mass is 16.5. The first kappa shape index (κ1) is 17.7. The average Bonchev–Trinajstić information content (AvgIpc) is 2.64. The number of ether oxygens (including phenoxy) is 3. The van der Waals surface area contributed by atoms with Gasteiger partial charge < -0.3 is 19.5 Å². The Morgan fingerprint density at radius 3 is 2.29 bits per heavy atom. The Kier molecular flexibility index (Phi) is 6.49. The van der Waals surface area contributed by atoms with Crippen molar-refractivity contribution in [1.29, 1.82) is 0 Å². The van der Waals surface area contributed by atoms with Crippen LogP contribution < -0.4 is 19.5 Å². The lowest BCUT2D eigenvalue weighted by Crippen LogP contribution is -2.32. The number of hydrogen-bond donors (Lipinski definition) is 1. The third-order valence-electron chi connectivity index (χ3n) is 3.67. The lowest BCUT2D eigenvalue weighted by Gasteiger charge is -2.18. The summed E-state index contributed by atoms with van der Waals surface area (Å²) < 4.78 is 15.8. The molecule has 0 heterocycles. The van der Waals surface area contributed by atoms with Crippen molar-refractivity contribution in [2.75, 3.05) is 20.8 Å². The number of methoxy groups -OCH3 is 2. The molecule has 0 aliphatic heterocycles. The smallest absolute Gasteiger partial charge is 0.258 e. The van der Waals surface area contributed by atoms with Crippen LogP contribution in [0.25, 0.3) is 0 Å². The quantitative estimate of drug-likeness (QED) is 0.807. The van der Waals surface area contributed by atoms with E-state index in [-0.39, 0.29) is 18.6 Å². The molecular weight excluding hydrogens is 306 g/mol. The van der Waals surface area contributed by atoms with E-state index in [4.69, 9.17) is 14.2 Å². The molecule has 0 aromatic heterocycles. The Balaban J connectivity index is 1.91. The summed E-state index contributed by atoms with van der Waals surface area (Å²) >= 11 is 0. The molecule has 1 amide bonds. The van der Waals surface area contributed by atoms with Gasteiger partial charge in [0.2, 0.25) is 0 Å². The molecule has 0 saturated carbocycles. The summed E-state index contributed by atoms with van der Waals surface area (Å²) in [6.45, 7) is 1.98. The predicted octanol–water partition coefficient (Wildman–Crippen LogP) is 3.35. The number of nitrogens with one attached hydrogen (secondary N) is 1. The highest BCUT2D eigenvalue weighted by Gasteiger charge is 2.13. The highest BCUT2D eigenvalue weighted by molar-refractivity contribution is 5.78. The molecule has 2 rings (SSSR count). The minimum absolute atomic E-state index is 0.0418. The minimum Gasteiger partial charge on any atom is -0.497 e. The molecule has 5 heteroatoms. The molecule has 24 heavy (non-hydrogen) atoms. The molecule has 128 valence electrons. The van der Waals surface area contributed by atoms with Crippen LogP contribution in [0.4, 0.5) is 0 Å². The van der Waals surface area contributed by atoms with Crippen molar-refractivity contribution < 1.29 is 19.0 Å². The van der Waals surface area contributed by atoms with E-state index in [1.165, 1.54) is 0 Å². The van der Waals surface area contributed by atoms with Crippen molar-refractivity contribution in [2.24, 2.45) is 0 Å². The third-order valence-corrected chi connectivity index (χ3v) is 3.67. The topological polar surface area (TPSA) is 56.8 Å². The van der Waals surface area contributed by atoms with Crippen LogP contribution in [0.2, 0.25) is 0 Å². The molecule has 0 unspecified atom stereocenters. The van der Waals surface area contributed by atoms with Crippen molar-refractivity contribution >= 4 is 5.91 Å². The number of hydrogen-bond acceptors (Lipinski definition) is 4. The van der Waals surface area contributed by atoms with Crippen molar-refractivity contribution in [3.63, 3.8) is 0 Å². The first-order valence-corrected chi connectivity index (χ1v) is 7.86. The van der Waals surface area contributed by atoms with Crippen molar-refractivity contribution in [1.82, 2.24) is 5.32 Å². The third kappa shape index (κ3) is 4.91. The summed E-state index contributed by atoms with van der Waals surface area (Å²) in [6, 6.07) is 14.8. The number of carbonyl (C=O) groups excluding carboxylic acids is 1. The van der Waals surface area contributed by atoms with Crippen LogP contribution >= 0.6 is 0 Å². The first-order chi connectivity index (χ1) is 11.7. The number of carbonyl (C=O) groups is 1. The Bertz CT molecular complexity index is 655. The van der Waals surface area contributed by atoms with Gasteiger partial charge in [0, 0.05) is 6.07 Å². The number of amides is 1. The molecule has 0 bridgehead atoms. The second-order valence-electron chi connectivity index (χ2n) is 5.27. The van der Waals surface area contributed by atoms with Crippen molar-refractivity contribution in [3.05, 3.63) is 54.1 Å². The summed E-state index contributed by atoms with van der Waals surface area (Å²) in [7, 11) is 3.22. The Labute approximate surface area is 142 Å². The van der Waals surface area contributed by atoms with Gasteiger partial charge in [-0.2, -0.15) is 0 Å². The van der Waals surface area contributed by atoms with E-state index in [2.05, 4.69) is 5.32 Å². The van der Waals surface area contributed by atoms with Gasteiger partial charge in [-0.05, 0) is 36.2 Å². The lowest BCUT2D eigenvalue weighted by atomic mass is 10.0. The molecule has 5 nitrogen and oxygen atoms in total. The molecule has 2 aromatic carbocycles. The number of benzene rings is 2. The van der Waals surface area contributed by atoms with Gasteiger partial charge in [0.1, 0.15) is 17.2 Å². The molecule has 0 radical (unpaired) electrons. The van der Waals surface area contributed by atoms with Gasteiger partial charge in [-0.25, -0.2) is 0 Å². The minimum atomic E-state index is -0.166. The maximum Gasteiger partial charge on any atom is 0.258 e. The largest absolute Gasteiger partial charge is 0.497 e. The zero-order chi connectivity index (χ0) is 17.4. The van der Waals surface area contributed by atoms with Gasteiger partial charge in [-0.15, -0.1) is 0 Å². The molecule has 0 spiro atoms. The Morgan fingerprint density at radius 1 is 1.00 bits per heavy atom. The van der Waals surface area contributed by atoms with Crippen LogP contribution in [0.1, 0.15) is 24.9 Å². The van der Waals surface area contributed by atoms with Crippen LogP contribution in [-0.2, 0) is 4.79 Å². The summed E-state index contributed by atoms with van der Waals surface area (Å²) in [4.78, 5) is 12.1. The van der Waals surface area contributed by atoms with Gasteiger partial charge >= 0.3 is 0 Å². The van der Waals surface area contributed by atoms with Crippen LogP contribution in [0.3, 0.4) is 0 Å². The predicted molar refractivity (Wildman–Crippen MR) is 92.7 cm³/mol. The maximum atomic E-state index is 12.1. The van der Waals surface area contributed by atoms with E-state index < -0.39 is 0 Å². The molecule has 2 aromatic rings. The van der Waals surface area contributed by atoms with Gasteiger partial charge in [0.05, 0.1) is 20.3 Å². The molecule has 0 aliphatic carbocycles. The molecule has 0 saturated heterocycles. The van der Waals surface area contributed by atoms with Gasteiger partial charge in [-0.3, -0.25) is 4.79 Å². The maximum absolute atomic E-state index is 12.1. The standard InChI is InChI=1S/C19H23NO4/c1-4-18(14-8-10-15(22-2)11-9-14)20-19(21)13-24-17-7-5-6-16(12-17)23-3/h5-12,18H,4,13H2,1-3H3,(H,20,21)/t18-/m0/s1. The van der Waals surface area contributed by atoms with Crippen LogP contribution in [0.15, 0.2) is 48.5 Å². The van der Waals surface area contributed by atoms with Crippen LogP contribution in [0.5, 0.6) is 17.2 Å². The van der Waals surface area contributed by atoms with Crippen molar-refractivity contribution in [3.8, 4) is 17.2 Å². The van der Waals surface area contributed by atoms with Crippen molar-refractivity contribution in [2.45, 2.75) is 19.4 Å². The monoisotopic (exact) mass is 329 g/mol. The fraction of sp³-hybridized carbons (Fsp3) is 0.316. The van der Waals surface area contributed by atoms with Crippen LogP contribution in [-0.4, -0.2) is 26.7 Å². The second-order valence-corrected chi connectivity index (χ2v) is 5.27. The van der Waals surface area contributed by atoms with E-state index in [0.717, 1.165) is 17.7 Å². The van der Waals surface area contributed by atoms with Gasteiger partial charge in [-0.1, -0.05) is 25.1 Å². The van der Waals surface area contributed by atoms with E-state index in [0.29, 0.717) is 11.5 Å². The van der Waals surface area contributed by atoms with Gasteiger partial charge in [0.15, 0.2) is 6.61 Å². The van der Waals surface area contributed by atoms with E-state index >= 15 is 0 Å². The summed E-state index contributed by atoms with van der Waals surface area (Å²) in [5.74, 6) is 1.92. The van der Waals surface area contributed by atoms with Gasteiger partial charge in [0.25, 0.3) is 5.91 Å². The Morgan fingerprint density at radius 2 is 1.67 bits per heavy atom. The normalized spacial score (nSPS) is 11.5. The van der Waals surface area contributed by atoms with E-state index in [9.17, 15) is 4.79 Å². The molecule has 0 aliphatic rings. The highest BCUT2D eigenvalue weighted by Crippen LogP contribution is 2.21. The van der Waals surface area contributed by atoms with Crippen LogP contribution in [0, 0.1) is 0 Å². The SMILES string of the molecule is CC[C@H](NC(=O)COc1cccc(OC)c1)c1ccc(OC)cc1. The Hall–Kier alpha value is -2.69. The number of rotatable bonds is 8.